The molecule has 0 aromatic carbocycles. The van der Waals surface area contributed by atoms with Crippen molar-refractivity contribution in [1.29, 1.82) is 0 Å². The fourth-order valence-electron chi connectivity index (χ4n) is 0.780. The van der Waals surface area contributed by atoms with Crippen molar-refractivity contribution in [3.63, 3.8) is 0 Å². The molecule has 4 heteroatoms. The molecule has 13 heavy (non-hydrogen) atoms. The summed E-state index contributed by atoms with van der Waals surface area (Å²) >= 11 is 1.79. The Labute approximate surface area is 85.0 Å². The van der Waals surface area contributed by atoms with Crippen LogP contribution in [0.5, 0.6) is 0 Å². The lowest BCUT2D eigenvalue weighted by Gasteiger charge is -2.24. The molecule has 0 aliphatic heterocycles. The van der Waals surface area contributed by atoms with Gasteiger partial charge in [-0.25, -0.2) is 0 Å². The first-order valence-electron chi connectivity index (χ1n) is 4.43. The van der Waals surface area contributed by atoms with Crippen molar-refractivity contribution in [3.05, 3.63) is 0 Å². The third kappa shape index (κ3) is 5.16. The van der Waals surface area contributed by atoms with E-state index in [-0.39, 0.29) is 16.7 Å². The smallest absolute Gasteiger partial charge is 0.236 e. The van der Waals surface area contributed by atoms with Crippen molar-refractivity contribution < 1.29 is 4.79 Å². The molecule has 1 atom stereocenters. The summed E-state index contributed by atoms with van der Waals surface area (Å²) in [6.07, 6.45) is 2.08. The Bertz CT molecular complexity index is 171. The Morgan fingerprint density at radius 2 is 2.08 bits per heavy atom. The van der Waals surface area contributed by atoms with E-state index in [1.54, 1.807) is 18.8 Å². The molecule has 0 bridgehead atoms. The van der Waals surface area contributed by atoms with Gasteiger partial charge in [-0.3, -0.25) is 4.79 Å². The van der Waals surface area contributed by atoms with Crippen molar-refractivity contribution in [2.45, 2.75) is 31.6 Å². The Kier molecular flexibility index (Phi) is 5.40. The predicted octanol–water partition coefficient (Wildman–Crippen LogP) is 0.852. The highest BCUT2D eigenvalue weighted by Gasteiger charge is 2.18. The average Bonchev–Trinajstić information content (AvgIpc) is 2.13. The van der Waals surface area contributed by atoms with Crippen molar-refractivity contribution in [2.24, 2.45) is 0 Å². The van der Waals surface area contributed by atoms with Gasteiger partial charge in [-0.2, -0.15) is 11.8 Å². The largest absolute Gasteiger partial charge is 0.358 e. The Morgan fingerprint density at radius 1 is 1.54 bits per heavy atom. The van der Waals surface area contributed by atoms with Crippen LogP contribution in [0.4, 0.5) is 0 Å². The summed E-state index contributed by atoms with van der Waals surface area (Å²) in [6.45, 7) is 7.01. The van der Waals surface area contributed by atoms with Crippen LogP contribution in [0.3, 0.4) is 0 Å². The van der Waals surface area contributed by atoms with Gasteiger partial charge in [0.25, 0.3) is 0 Å². The van der Waals surface area contributed by atoms with Gasteiger partial charge in [0.1, 0.15) is 0 Å². The second-order valence-corrected chi connectivity index (χ2v) is 5.19. The molecule has 0 saturated heterocycles. The van der Waals surface area contributed by atoms with Gasteiger partial charge in [-0.05, 0) is 27.0 Å². The maximum Gasteiger partial charge on any atom is 0.236 e. The zero-order chi connectivity index (χ0) is 10.5. The first-order valence-corrected chi connectivity index (χ1v) is 5.65. The van der Waals surface area contributed by atoms with Gasteiger partial charge in [-0.1, -0.05) is 0 Å². The molecular formula is C9H20N2OS. The zero-order valence-corrected chi connectivity index (χ0v) is 9.92. The summed E-state index contributed by atoms with van der Waals surface area (Å²) in [4.78, 5) is 11.1. The van der Waals surface area contributed by atoms with Gasteiger partial charge in [0, 0.05) is 18.3 Å². The third-order valence-corrected chi connectivity index (χ3v) is 3.28. The number of likely N-dealkylation sites (N-methyl/N-ethyl adjacent to an activating group) is 1. The van der Waals surface area contributed by atoms with Crippen LogP contribution in [0.15, 0.2) is 0 Å². The number of hydrogen-bond acceptors (Lipinski definition) is 3. The summed E-state index contributed by atoms with van der Waals surface area (Å²) in [6, 6.07) is -0.114. The highest BCUT2D eigenvalue weighted by atomic mass is 32.2. The molecule has 0 aliphatic rings. The number of thioether (sulfide) groups is 1. The lowest BCUT2D eigenvalue weighted by Crippen LogP contribution is -2.45. The highest BCUT2D eigenvalue weighted by molar-refractivity contribution is 7.99. The van der Waals surface area contributed by atoms with Crippen LogP contribution < -0.4 is 10.6 Å². The van der Waals surface area contributed by atoms with Gasteiger partial charge in [0.2, 0.25) is 5.91 Å². The van der Waals surface area contributed by atoms with Gasteiger partial charge in [0.05, 0.1) is 6.04 Å². The molecule has 0 rings (SSSR count). The van der Waals surface area contributed by atoms with Crippen LogP contribution in [0.2, 0.25) is 0 Å². The summed E-state index contributed by atoms with van der Waals surface area (Å²) < 4.78 is 0.183. The lowest BCUT2D eigenvalue weighted by molar-refractivity contribution is -0.122. The van der Waals surface area contributed by atoms with E-state index in [4.69, 9.17) is 0 Å². The number of hydrogen-bond donors (Lipinski definition) is 2. The first-order chi connectivity index (χ1) is 5.93. The van der Waals surface area contributed by atoms with E-state index >= 15 is 0 Å². The van der Waals surface area contributed by atoms with Gasteiger partial charge in [-0.15, -0.1) is 0 Å². The molecule has 0 fully saturated rings. The van der Waals surface area contributed by atoms with Crippen molar-refractivity contribution in [1.82, 2.24) is 10.6 Å². The summed E-state index contributed by atoms with van der Waals surface area (Å²) in [5.74, 6) is 0.0388. The predicted molar refractivity (Wildman–Crippen MR) is 59.1 cm³/mol. The maximum atomic E-state index is 11.1. The van der Waals surface area contributed by atoms with Crippen LogP contribution in [0.1, 0.15) is 20.8 Å². The minimum atomic E-state index is -0.114. The van der Waals surface area contributed by atoms with Crippen LogP contribution in [0.25, 0.3) is 0 Å². The number of nitrogens with one attached hydrogen (secondary N) is 2. The zero-order valence-electron chi connectivity index (χ0n) is 9.10. The van der Waals surface area contributed by atoms with Gasteiger partial charge in [0.15, 0.2) is 0 Å². The molecule has 0 spiro atoms. The topological polar surface area (TPSA) is 41.1 Å². The average molecular weight is 204 g/mol. The maximum absolute atomic E-state index is 11.1. The normalized spacial score (nSPS) is 13.9. The number of amides is 1. The molecule has 2 N–H and O–H groups in total. The SMILES string of the molecule is CNC(=O)C(C)NCC(C)(C)SC. The minimum Gasteiger partial charge on any atom is -0.358 e. The molecule has 0 saturated carbocycles. The number of carbonyl (C=O) groups excluding carboxylic acids is 1. The Morgan fingerprint density at radius 3 is 2.46 bits per heavy atom. The quantitative estimate of drug-likeness (QED) is 0.697. The van der Waals surface area contributed by atoms with E-state index in [1.165, 1.54) is 0 Å². The van der Waals surface area contributed by atoms with Crippen molar-refractivity contribution >= 4 is 17.7 Å². The van der Waals surface area contributed by atoms with E-state index in [0.29, 0.717) is 0 Å². The van der Waals surface area contributed by atoms with Crippen LogP contribution in [0, 0.1) is 0 Å². The fraction of sp³-hybridized carbons (Fsp3) is 0.889. The molecule has 0 radical (unpaired) electrons. The summed E-state index contributed by atoms with van der Waals surface area (Å²) in [7, 11) is 1.65. The minimum absolute atomic E-state index is 0.0388. The van der Waals surface area contributed by atoms with E-state index in [1.807, 2.05) is 6.92 Å². The molecule has 3 nitrogen and oxygen atoms in total. The summed E-state index contributed by atoms with van der Waals surface area (Å²) in [5, 5.41) is 5.80. The molecule has 0 aromatic heterocycles. The van der Waals surface area contributed by atoms with E-state index in [2.05, 4.69) is 30.7 Å². The molecule has 78 valence electrons. The van der Waals surface area contributed by atoms with Crippen LogP contribution >= 0.6 is 11.8 Å². The Balaban J connectivity index is 3.82. The monoisotopic (exact) mass is 204 g/mol. The van der Waals surface area contributed by atoms with E-state index in [9.17, 15) is 4.79 Å². The molecular weight excluding hydrogens is 184 g/mol. The molecule has 0 heterocycles. The van der Waals surface area contributed by atoms with Gasteiger partial charge >= 0.3 is 0 Å². The standard InChI is InChI=1S/C9H20N2OS/c1-7(8(12)10-4)11-6-9(2,3)13-5/h7,11H,6H2,1-5H3,(H,10,12). The van der Waals surface area contributed by atoms with Crippen molar-refractivity contribution in [3.8, 4) is 0 Å². The molecule has 1 unspecified atom stereocenters. The first kappa shape index (κ1) is 12.8. The molecule has 0 aliphatic carbocycles. The lowest BCUT2D eigenvalue weighted by atomic mass is 10.2. The van der Waals surface area contributed by atoms with Crippen molar-refractivity contribution in [2.75, 3.05) is 19.8 Å². The van der Waals surface area contributed by atoms with E-state index < -0.39 is 0 Å². The summed E-state index contributed by atoms with van der Waals surface area (Å²) in [5.41, 5.74) is 0. The number of carbonyl (C=O) groups is 1. The fourth-order valence-corrected chi connectivity index (χ4v) is 1.01. The Hall–Kier alpha value is -0.220. The second kappa shape index (κ2) is 5.50. The van der Waals surface area contributed by atoms with Crippen LogP contribution in [-0.2, 0) is 4.79 Å². The molecule has 1 amide bonds. The highest BCUT2D eigenvalue weighted by Crippen LogP contribution is 2.19. The second-order valence-electron chi connectivity index (χ2n) is 3.68. The number of rotatable bonds is 5. The third-order valence-electron chi connectivity index (χ3n) is 2.03. The molecule has 0 aromatic rings. The van der Waals surface area contributed by atoms with Crippen LogP contribution in [-0.4, -0.2) is 36.5 Å². The van der Waals surface area contributed by atoms with E-state index in [0.717, 1.165) is 6.54 Å². The van der Waals surface area contributed by atoms with Gasteiger partial charge < -0.3 is 10.6 Å².